The van der Waals surface area contributed by atoms with Crippen molar-refractivity contribution in [3.05, 3.63) is 43.8 Å². The molecular weight excluding hydrogens is 376 g/mol. The number of hydrogen-bond donors (Lipinski definition) is 6. The summed E-state index contributed by atoms with van der Waals surface area (Å²) in [6, 6.07) is 7.07. The van der Waals surface area contributed by atoms with Crippen molar-refractivity contribution in [3.8, 4) is 0 Å². The van der Waals surface area contributed by atoms with Gasteiger partial charge in [-0.2, -0.15) is 0 Å². The lowest BCUT2D eigenvalue weighted by Gasteiger charge is -2.79. The van der Waals surface area contributed by atoms with Crippen molar-refractivity contribution < 1.29 is 30.6 Å². The summed E-state index contributed by atoms with van der Waals surface area (Å²) in [4.78, 5) is 3.05. The maximum absolute atomic E-state index is 11.4. The van der Waals surface area contributed by atoms with Crippen molar-refractivity contribution in [2.45, 2.75) is 54.7 Å². The molecule has 6 N–H and O–H groups in total. The first-order valence-corrected chi connectivity index (χ1v) is 10.0. The van der Waals surface area contributed by atoms with E-state index in [1.54, 1.807) is 18.2 Å². The van der Waals surface area contributed by atoms with Crippen LogP contribution in [0.25, 0.3) is 0 Å². The minimum Gasteiger partial charge on any atom is -0.394 e. The summed E-state index contributed by atoms with van der Waals surface area (Å²) in [5, 5.41) is 64.6. The highest BCUT2D eigenvalue weighted by Gasteiger charge is 2.94. The van der Waals surface area contributed by atoms with Crippen LogP contribution < -0.4 is 0 Å². The predicted octanol–water partition coefficient (Wildman–Crippen LogP) is 0.228. The van der Waals surface area contributed by atoms with Gasteiger partial charge in [-0.1, -0.05) is 0 Å². The van der Waals surface area contributed by atoms with Crippen LogP contribution in [0.4, 0.5) is 0 Å². The molecule has 2 heterocycles. The molecule has 0 saturated heterocycles. The largest absolute Gasteiger partial charge is 0.394 e. The smallest absolute Gasteiger partial charge is 0.139 e. The van der Waals surface area contributed by atoms with Crippen molar-refractivity contribution in [1.29, 1.82) is 0 Å². The third-order valence-electron chi connectivity index (χ3n) is 6.11. The van der Waals surface area contributed by atoms with Gasteiger partial charge in [-0.05, 0) is 38.1 Å². The van der Waals surface area contributed by atoms with Crippen molar-refractivity contribution >= 4 is 22.7 Å². The Bertz CT molecular complexity index is 846. The molecular formula is C18H22O6S2. The maximum atomic E-state index is 11.4. The molecule has 2 aliphatic carbocycles. The van der Waals surface area contributed by atoms with Crippen LogP contribution in [-0.4, -0.2) is 66.3 Å². The second-order valence-electron chi connectivity index (χ2n) is 7.37. The van der Waals surface area contributed by atoms with E-state index in [4.69, 9.17) is 0 Å². The quantitative estimate of drug-likeness (QED) is 0.439. The van der Waals surface area contributed by atoms with Crippen LogP contribution in [0.5, 0.6) is 0 Å². The average Bonchev–Trinajstić information content (AvgIpc) is 3.21. The molecule has 2 fully saturated rings. The molecule has 3 unspecified atom stereocenters. The van der Waals surface area contributed by atoms with Gasteiger partial charge in [0, 0.05) is 19.5 Å². The van der Waals surface area contributed by atoms with E-state index >= 15 is 0 Å². The molecule has 0 aromatic carbocycles. The average molecular weight is 399 g/mol. The van der Waals surface area contributed by atoms with E-state index in [1.165, 1.54) is 22.7 Å². The molecule has 8 heteroatoms. The Morgan fingerprint density at radius 2 is 1.54 bits per heavy atom. The van der Waals surface area contributed by atoms with Gasteiger partial charge in [0.25, 0.3) is 0 Å². The number of aliphatic hydroxyl groups is 6. The minimum absolute atomic E-state index is 0.546. The zero-order chi connectivity index (χ0) is 19.1. The summed E-state index contributed by atoms with van der Waals surface area (Å²) < 4.78 is 0. The highest BCUT2D eigenvalue weighted by Crippen LogP contribution is 2.76. The minimum atomic E-state index is -2.18. The third-order valence-corrected chi connectivity index (χ3v) is 8.26. The van der Waals surface area contributed by atoms with E-state index in [0.29, 0.717) is 9.75 Å². The Labute approximate surface area is 158 Å². The van der Waals surface area contributed by atoms with Crippen LogP contribution >= 0.6 is 22.7 Å². The standard InChI is InChI=1S/C18H22O6S2/c1-8-3-5-10(25-8)13-15(21)17(23)14(11-6-4-9(2)26-11)16(22,12(20)7-19)18(13,17)24/h3-6,12-15,19-24H,7H2,1-2H3/t12-,13?,14?,15?,16+,17+,18+/m1/s1. The van der Waals surface area contributed by atoms with E-state index < -0.39 is 47.5 Å². The molecule has 0 aliphatic heterocycles. The van der Waals surface area contributed by atoms with Crippen LogP contribution in [0.2, 0.25) is 0 Å². The van der Waals surface area contributed by atoms with Crippen LogP contribution in [0.1, 0.15) is 31.3 Å². The number of aliphatic hydroxyl groups excluding tert-OH is 3. The van der Waals surface area contributed by atoms with Gasteiger partial charge in [0.05, 0.1) is 24.5 Å². The van der Waals surface area contributed by atoms with E-state index in [-0.39, 0.29) is 0 Å². The third kappa shape index (κ3) is 1.81. The zero-order valence-corrected chi connectivity index (χ0v) is 16.0. The van der Waals surface area contributed by atoms with Crippen LogP contribution in [0, 0.1) is 13.8 Å². The number of fused-ring (bicyclic) bond motifs is 1. The lowest BCUT2D eigenvalue weighted by molar-refractivity contribution is -0.458. The van der Waals surface area contributed by atoms with Gasteiger partial charge in [0.1, 0.15) is 22.9 Å². The molecule has 2 aromatic heterocycles. The topological polar surface area (TPSA) is 121 Å². The molecule has 2 aliphatic rings. The van der Waals surface area contributed by atoms with Crippen molar-refractivity contribution in [2.24, 2.45) is 0 Å². The summed E-state index contributed by atoms with van der Waals surface area (Å²) in [7, 11) is 0. The van der Waals surface area contributed by atoms with Crippen molar-refractivity contribution in [1.82, 2.24) is 0 Å². The molecule has 0 spiro atoms. The number of hydrogen-bond acceptors (Lipinski definition) is 8. The Balaban J connectivity index is 1.85. The first kappa shape index (κ1) is 18.5. The highest BCUT2D eigenvalue weighted by molar-refractivity contribution is 7.12. The molecule has 0 amide bonds. The van der Waals surface area contributed by atoms with Gasteiger partial charge in [0.15, 0.2) is 0 Å². The highest BCUT2D eigenvalue weighted by atomic mass is 32.1. The molecule has 6 nitrogen and oxygen atoms in total. The fourth-order valence-corrected chi connectivity index (χ4v) is 7.10. The van der Waals surface area contributed by atoms with Gasteiger partial charge >= 0.3 is 0 Å². The van der Waals surface area contributed by atoms with Crippen LogP contribution in [0.3, 0.4) is 0 Å². The predicted molar refractivity (Wildman–Crippen MR) is 97.5 cm³/mol. The number of rotatable bonds is 4. The summed E-state index contributed by atoms with van der Waals surface area (Å²) >= 11 is 2.66. The number of aryl methyl sites for hydroxylation is 2. The van der Waals surface area contributed by atoms with Gasteiger partial charge < -0.3 is 30.6 Å². The van der Waals surface area contributed by atoms with Gasteiger partial charge in [-0.25, -0.2) is 0 Å². The molecule has 7 atom stereocenters. The Kier molecular flexibility index (Phi) is 3.98. The second kappa shape index (κ2) is 5.59. The zero-order valence-electron chi connectivity index (χ0n) is 14.3. The van der Waals surface area contributed by atoms with E-state index in [2.05, 4.69) is 0 Å². The first-order valence-electron chi connectivity index (χ1n) is 8.40. The SMILES string of the molecule is Cc1ccc(C2C(O)[C@@]3(O)C(c4ccc(C)s4)[C@@](O)([C@H](O)CO)[C@@]23O)s1. The molecule has 2 aromatic rings. The maximum Gasteiger partial charge on any atom is 0.139 e. The first-order chi connectivity index (χ1) is 12.1. The summed E-state index contributed by atoms with van der Waals surface area (Å²) in [5.41, 5.74) is -6.35. The van der Waals surface area contributed by atoms with Crippen LogP contribution in [-0.2, 0) is 0 Å². The molecule has 0 bridgehead atoms. The Morgan fingerprint density at radius 3 is 2.00 bits per heavy atom. The van der Waals surface area contributed by atoms with Gasteiger partial charge in [0.2, 0.25) is 0 Å². The van der Waals surface area contributed by atoms with E-state index in [0.717, 1.165) is 9.75 Å². The van der Waals surface area contributed by atoms with Crippen molar-refractivity contribution in [2.75, 3.05) is 6.61 Å². The van der Waals surface area contributed by atoms with E-state index in [9.17, 15) is 30.6 Å². The summed E-state index contributed by atoms with van der Waals surface area (Å²) in [6.07, 6.45) is -2.97. The fourth-order valence-electron chi connectivity index (χ4n) is 4.91. The lowest BCUT2D eigenvalue weighted by atomic mass is 9.31. The van der Waals surface area contributed by atoms with Crippen molar-refractivity contribution in [3.63, 3.8) is 0 Å². The number of thiophene rings is 2. The summed E-state index contributed by atoms with van der Waals surface area (Å²) in [5.74, 6) is -2.05. The monoisotopic (exact) mass is 398 g/mol. The summed E-state index contributed by atoms with van der Waals surface area (Å²) in [6.45, 7) is 2.96. The Morgan fingerprint density at radius 1 is 1.00 bits per heavy atom. The Hall–Kier alpha value is -0.840. The second-order valence-corrected chi connectivity index (χ2v) is 10.0. The molecule has 2 saturated carbocycles. The molecule has 26 heavy (non-hydrogen) atoms. The van der Waals surface area contributed by atoms with Gasteiger partial charge in [-0.15, -0.1) is 22.7 Å². The molecule has 4 rings (SSSR count). The van der Waals surface area contributed by atoms with E-state index in [1.807, 2.05) is 19.9 Å². The molecule has 142 valence electrons. The van der Waals surface area contributed by atoms with Gasteiger partial charge in [-0.3, -0.25) is 0 Å². The lowest BCUT2D eigenvalue weighted by Crippen LogP contribution is -2.99. The molecule has 0 radical (unpaired) electrons. The normalized spacial score (nSPS) is 42.7. The fraction of sp³-hybridized carbons (Fsp3) is 0.556. The van der Waals surface area contributed by atoms with Crippen LogP contribution in [0.15, 0.2) is 24.3 Å².